The first-order chi connectivity index (χ1) is 8.15. The lowest BCUT2D eigenvalue weighted by molar-refractivity contribution is 0.0951. The van der Waals surface area contributed by atoms with Crippen LogP contribution in [0.4, 0.5) is 5.69 Å². The van der Waals surface area contributed by atoms with Gasteiger partial charge in [0.2, 0.25) is 0 Å². The number of nitrogen functional groups attached to an aromatic ring is 1. The molecule has 2 atom stereocenters. The zero-order chi connectivity index (χ0) is 12.0. The van der Waals surface area contributed by atoms with E-state index in [1.807, 2.05) is 18.2 Å². The maximum absolute atomic E-state index is 12.0. The number of hydrogen-bond acceptors (Lipinski definition) is 2. The first kappa shape index (κ1) is 10.2. The third kappa shape index (κ3) is 1.75. The molecule has 1 aliphatic carbocycles. The number of nitrogens with one attached hydrogen (secondary N) is 2. The van der Waals surface area contributed by atoms with E-state index in [0.717, 1.165) is 17.3 Å². The van der Waals surface area contributed by atoms with Crippen molar-refractivity contribution in [3.63, 3.8) is 0 Å². The van der Waals surface area contributed by atoms with Crippen molar-refractivity contribution < 1.29 is 4.79 Å². The van der Waals surface area contributed by atoms with Crippen LogP contribution in [0.2, 0.25) is 0 Å². The van der Waals surface area contributed by atoms with Crippen LogP contribution in [0.15, 0.2) is 24.4 Å². The van der Waals surface area contributed by atoms with Crippen LogP contribution in [0.3, 0.4) is 0 Å². The molecular formula is C13H15N3O. The smallest absolute Gasteiger partial charge is 0.253 e. The molecule has 4 heteroatoms. The Morgan fingerprint density at radius 3 is 3.00 bits per heavy atom. The maximum atomic E-state index is 12.0. The monoisotopic (exact) mass is 229 g/mol. The van der Waals surface area contributed by atoms with Crippen LogP contribution in [0.25, 0.3) is 10.9 Å². The van der Waals surface area contributed by atoms with E-state index in [9.17, 15) is 4.79 Å². The fraction of sp³-hybridized carbons (Fsp3) is 0.308. The van der Waals surface area contributed by atoms with Crippen molar-refractivity contribution in [3.8, 4) is 0 Å². The summed E-state index contributed by atoms with van der Waals surface area (Å²) in [6, 6.07) is 5.88. The van der Waals surface area contributed by atoms with Gasteiger partial charge in [0.25, 0.3) is 5.91 Å². The summed E-state index contributed by atoms with van der Waals surface area (Å²) < 4.78 is 0. The topological polar surface area (TPSA) is 70.9 Å². The van der Waals surface area contributed by atoms with E-state index in [1.165, 1.54) is 0 Å². The summed E-state index contributed by atoms with van der Waals surface area (Å²) in [7, 11) is 0. The van der Waals surface area contributed by atoms with Gasteiger partial charge in [0, 0.05) is 28.8 Å². The summed E-state index contributed by atoms with van der Waals surface area (Å²) >= 11 is 0. The van der Waals surface area contributed by atoms with Gasteiger partial charge in [0.05, 0.1) is 5.56 Å². The molecule has 1 aromatic heterocycles. The molecule has 0 bridgehead atoms. The fourth-order valence-corrected chi connectivity index (χ4v) is 2.10. The second kappa shape index (κ2) is 3.52. The Balaban J connectivity index is 1.92. The average molecular weight is 229 g/mol. The van der Waals surface area contributed by atoms with Crippen molar-refractivity contribution in [2.45, 2.75) is 19.4 Å². The molecule has 88 valence electrons. The van der Waals surface area contributed by atoms with E-state index in [2.05, 4.69) is 17.2 Å². The zero-order valence-corrected chi connectivity index (χ0v) is 9.66. The largest absolute Gasteiger partial charge is 0.399 e. The number of nitrogens with two attached hydrogens (primary N) is 1. The van der Waals surface area contributed by atoms with Gasteiger partial charge in [-0.15, -0.1) is 0 Å². The second-order valence-corrected chi connectivity index (χ2v) is 4.80. The molecule has 4 nitrogen and oxygen atoms in total. The molecule has 4 N–H and O–H groups in total. The zero-order valence-electron chi connectivity index (χ0n) is 9.66. The number of aromatic amines is 1. The minimum Gasteiger partial charge on any atom is -0.399 e. The molecular weight excluding hydrogens is 214 g/mol. The lowest BCUT2D eigenvalue weighted by Crippen LogP contribution is -2.26. The number of H-pyrrole nitrogens is 1. The van der Waals surface area contributed by atoms with Gasteiger partial charge in [0.1, 0.15) is 0 Å². The first-order valence-corrected chi connectivity index (χ1v) is 5.82. The normalized spacial score (nSPS) is 22.6. The molecule has 0 spiro atoms. The number of carbonyl (C=O) groups is 1. The Hall–Kier alpha value is -1.97. The Bertz CT molecular complexity index is 587. The first-order valence-electron chi connectivity index (χ1n) is 5.82. The predicted octanol–water partition coefficient (Wildman–Crippen LogP) is 1.89. The fourth-order valence-electron chi connectivity index (χ4n) is 2.10. The van der Waals surface area contributed by atoms with Crippen LogP contribution in [-0.2, 0) is 0 Å². The van der Waals surface area contributed by atoms with E-state index < -0.39 is 0 Å². The summed E-state index contributed by atoms with van der Waals surface area (Å²) in [5.74, 6) is 0.607. The van der Waals surface area contributed by atoms with Gasteiger partial charge < -0.3 is 16.0 Å². The molecule has 1 aliphatic rings. The van der Waals surface area contributed by atoms with E-state index in [1.54, 1.807) is 6.20 Å². The molecule has 3 rings (SSSR count). The number of fused-ring (bicyclic) bond motifs is 1. The summed E-state index contributed by atoms with van der Waals surface area (Å²) in [5.41, 5.74) is 7.99. The van der Waals surface area contributed by atoms with Crippen molar-refractivity contribution in [1.82, 2.24) is 10.3 Å². The number of rotatable bonds is 2. The van der Waals surface area contributed by atoms with E-state index >= 15 is 0 Å². The highest BCUT2D eigenvalue weighted by Crippen LogP contribution is 2.30. The Kier molecular flexibility index (Phi) is 2.11. The van der Waals surface area contributed by atoms with Crippen molar-refractivity contribution in [2.24, 2.45) is 5.92 Å². The van der Waals surface area contributed by atoms with E-state index in [0.29, 0.717) is 23.2 Å². The van der Waals surface area contributed by atoms with Crippen molar-refractivity contribution in [2.75, 3.05) is 5.73 Å². The lowest BCUT2D eigenvalue weighted by atomic mass is 10.1. The molecule has 2 aromatic rings. The minimum atomic E-state index is -0.00429. The number of aromatic nitrogens is 1. The highest BCUT2D eigenvalue weighted by Gasteiger charge is 2.34. The van der Waals surface area contributed by atoms with Crippen LogP contribution in [-0.4, -0.2) is 16.9 Å². The average Bonchev–Trinajstić information content (AvgIpc) is 2.82. The van der Waals surface area contributed by atoms with Crippen LogP contribution in [0.1, 0.15) is 23.7 Å². The standard InChI is InChI=1S/C13H15N3O/c1-7-4-11(7)16-13(17)10-6-15-12-5-8(14)2-3-9(10)12/h2-3,5-7,11,15H,4,14H2,1H3,(H,16,17). The SMILES string of the molecule is CC1CC1NC(=O)c1c[nH]c2cc(N)ccc12. The van der Waals surface area contributed by atoms with Gasteiger partial charge in [-0.3, -0.25) is 4.79 Å². The molecule has 1 aromatic carbocycles. The van der Waals surface area contributed by atoms with Gasteiger partial charge in [-0.25, -0.2) is 0 Å². The Morgan fingerprint density at radius 2 is 2.29 bits per heavy atom. The molecule has 0 aliphatic heterocycles. The lowest BCUT2D eigenvalue weighted by Gasteiger charge is -2.02. The third-order valence-corrected chi connectivity index (χ3v) is 3.38. The third-order valence-electron chi connectivity index (χ3n) is 3.38. The van der Waals surface area contributed by atoms with Gasteiger partial charge in [-0.2, -0.15) is 0 Å². The van der Waals surface area contributed by atoms with Crippen molar-refractivity contribution in [1.29, 1.82) is 0 Å². The summed E-state index contributed by atoms with van der Waals surface area (Å²) in [6.45, 7) is 2.14. The maximum Gasteiger partial charge on any atom is 0.253 e. The molecule has 1 heterocycles. The van der Waals surface area contributed by atoms with E-state index in [4.69, 9.17) is 5.73 Å². The van der Waals surface area contributed by atoms with Crippen molar-refractivity contribution in [3.05, 3.63) is 30.0 Å². The Labute approximate surface area is 99.2 Å². The molecule has 2 unspecified atom stereocenters. The predicted molar refractivity (Wildman–Crippen MR) is 67.7 cm³/mol. The van der Waals surface area contributed by atoms with Gasteiger partial charge in [-0.1, -0.05) is 6.92 Å². The summed E-state index contributed by atoms with van der Waals surface area (Å²) in [6.07, 6.45) is 2.83. The Morgan fingerprint density at radius 1 is 1.53 bits per heavy atom. The van der Waals surface area contributed by atoms with Gasteiger partial charge in [0.15, 0.2) is 0 Å². The van der Waals surface area contributed by atoms with Gasteiger partial charge in [-0.05, 0) is 30.5 Å². The molecule has 17 heavy (non-hydrogen) atoms. The van der Waals surface area contributed by atoms with Crippen LogP contribution in [0.5, 0.6) is 0 Å². The molecule has 0 radical (unpaired) electrons. The molecule has 1 saturated carbocycles. The summed E-state index contributed by atoms with van der Waals surface area (Å²) in [4.78, 5) is 15.1. The quantitative estimate of drug-likeness (QED) is 0.688. The number of carbonyl (C=O) groups excluding carboxylic acids is 1. The highest BCUT2D eigenvalue weighted by atomic mass is 16.1. The summed E-state index contributed by atoms with van der Waals surface area (Å²) in [5, 5.41) is 3.94. The highest BCUT2D eigenvalue weighted by molar-refractivity contribution is 6.07. The number of anilines is 1. The van der Waals surface area contributed by atoms with Crippen LogP contribution in [0, 0.1) is 5.92 Å². The van der Waals surface area contributed by atoms with Gasteiger partial charge >= 0.3 is 0 Å². The number of hydrogen-bond donors (Lipinski definition) is 3. The van der Waals surface area contributed by atoms with Crippen molar-refractivity contribution >= 4 is 22.5 Å². The molecule has 0 saturated heterocycles. The molecule has 1 amide bonds. The molecule has 1 fully saturated rings. The minimum absolute atomic E-state index is 0.00429. The number of benzene rings is 1. The van der Waals surface area contributed by atoms with E-state index in [-0.39, 0.29) is 5.91 Å². The van der Waals surface area contributed by atoms with Crippen LogP contribution < -0.4 is 11.1 Å². The van der Waals surface area contributed by atoms with Crippen LogP contribution >= 0.6 is 0 Å². The number of amides is 1. The second-order valence-electron chi connectivity index (χ2n) is 4.80.